The molecule has 1 heterocycles. The summed E-state index contributed by atoms with van der Waals surface area (Å²) in [6, 6.07) is 24.1. The van der Waals surface area contributed by atoms with Gasteiger partial charge in [0.2, 0.25) is 0 Å². The van der Waals surface area contributed by atoms with E-state index in [1.54, 1.807) is 6.21 Å². The lowest BCUT2D eigenvalue weighted by atomic mass is 10.0. The van der Waals surface area contributed by atoms with E-state index >= 15 is 0 Å². The molecule has 0 aliphatic heterocycles. The highest BCUT2D eigenvalue weighted by molar-refractivity contribution is 5.89. The predicted octanol–water partition coefficient (Wildman–Crippen LogP) is 5.81. The van der Waals surface area contributed by atoms with Gasteiger partial charge >= 0.3 is 0 Å². The van der Waals surface area contributed by atoms with Crippen LogP contribution in [0.25, 0.3) is 16.9 Å². The van der Waals surface area contributed by atoms with Crippen LogP contribution in [0.2, 0.25) is 0 Å². The first kappa shape index (κ1) is 24.0. The zero-order chi connectivity index (χ0) is 24.8. The number of nitrogens with zero attached hydrogens (tertiary/aromatic N) is 3. The van der Waals surface area contributed by atoms with Crippen LogP contribution in [-0.2, 0) is 4.79 Å². The van der Waals surface area contributed by atoms with E-state index in [0.29, 0.717) is 5.92 Å². The van der Waals surface area contributed by atoms with Gasteiger partial charge in [-0.2, -0.15) is 10.2 Å². The van der Waals surface area contributed by atoms with Gasteiger partial charge in [-0.05, 0) is 49.1 Å². The highest BCUT2D eigenvalue weighted by Gasteiger charge is 2.12. The average Bonchev–Trinajstić information content (AvgIpc) is 3.28. The number of rotatable bonds is 8. The first-order chi connectivity index (χ1) is 16.9. The largest absolute Gasteiger partial charge is 0.483 e. The van der Waals surface area contributed by atoms with Gasteiger partial charge in [-0.1, -0.05) is 74.0 Å². The number of aryl methyl sites for hydroxylation is 2. The molecule has 178 valence electrons. The molecule has 4 rings (SSSR count). The molecule has 0 aliphatic carbocycles. The number of carbonyl (C=O) groups is 1. The van der Waals surface area contributed by atoms with E-state index in [1.807, 2.05) is 97.5 Å². The molecule has 0 aliphatic rings. The van der Waals surface area contributed by atoms with Crippen molar-refractivity contribution in [2.45, 2.75) is 33.6 Å². The van der Waals surface area contributed by atoms with Crippen LogP contribution in [0.4, 0.5) is 0 Å². The maximum absolute atomic E-state index is 12.4. The number of carbonyl (C=O) groups excluding carboxylic acids is 1. The van der Waals surface area contributed by atoms with E-state index in [0.717, 1.165) is 39.4 Å². The van der Waals surface area contributed by atoms with Crippen LogP contribution < -0.4 is 10.2 Å². The molecule has 0 fully saturated rings. The molecule has 0 atom stereocenters. The zero-order valence-corrected chi connectivity index (χ0v) is 20.5. The Balaban J connectivity index is 1.49. The number of aromatic nitrogens is 2. The van der Waals surface area contributed by atoms with E-state index in [4.69, 9.17) is 9.84 Å². The van der Waals surface area contributed by atoms with Crippen LogP contribution in [0.5, 0.6) is 5.75 Å². The third kappa shape index (κ3) is 6.03. The van der Waals surface area contributed by atoms with Crippen molar-refractivity contribution >= 4 is 12.1 Å². The summed E-state index contributed by atoms with van der Waals surface area (Å²) in [6.07, 6.45) is 3.52. The Morgan fingerprint density at radius 3 is 2.46 bits per heavy atom. The van der Waals surface area contributed by atoms with Gasteiger partial charge in [0.25, 0.3) is 5.91 Å². The molecule has 0 unspecified atom stereocenters. The van der Waals surface area contributed by atoms with E-state index in [-0.39, 0.29) is 12.5 Å². The van der Waals surface area contributed by atoms with Gasteiger partial charge in [0.15, 0.2) is 6.61 Å². The van der Waals surface area contributed by atoms with Crippen LogP contribution in [0.1, 0.15) is 42.0 Å². The fourth-order valence-electron chi connectivity index (χ4n) is 3.72. The van der Waals surface area contributed by atoms with Crippen LogP contribution in [0.15, 0.2) is 84.1 Å². The van der Waals surface area contributed by atoms with Gasteiger partial charge < -0.3 is 4.74 Å². The molecular formula is C29H30N4O2. The molecule has 3 aromatic carbocycles. The van der Waals surface area contributed by atoms with E-state index in [9.17, 15) is 4.79 Å². The molecule has 6 nitrogen and oxygen atoms in total. The fourth-order valence-corrected chi connectivity index (χ4v) is 3.72. The van der Waals surface area contributed by atoms with Crippen molar-refractivity contribution in [3.05, 3.63) is 101 Å². The fraction of sp³-hybridized carbons (Fsp3) is 0.207. The van der Waals surface area contributed by atoms with E-state index < -0.39 is 0 Å². The molecule has 1 N–H and O–H groups in total. The van der Waals surface area contributed by atoms with Crippen molar-refractivity contribution in [3.8, 4) is 22.7 Å². The molecule has 0 bridgehead atoms. The number of hydrogen-bond acceptors (Lipinski definition) is 4. The van der Waals surface area contributed by atoms with Crippen molar-refractivity contribution in [2.24, 2.45) is 5.10 Å². The highest BCUT2D eigenvalue weighted by atomic mass is 16.5. The predicted molar refractivity (Wildman–Crippen MR) is 140 cm³/mol. The van der Waals surface area contributed by atoms with Crippen LogP contribution >= 0.6 is 0 Å². The molecule has 0 saturated carbocycles. The maximum Gasteiger partial charge on any atom is 0.277 e. The minimum Gasteiger partial charge on any atom is -0.483 e. The Morgan fingerprint density at radius 1 is 1.03 bits per heavy atom. The van der Waals surface area contributed by atoms with Gasteiger partial charge in [0.05, 0.1) is 11.9 Å². The number of hydrogen-bond donors (Lipinski definition) is 1. The third-order valence-corrected chi connectivity index (χ3v) is 5.63. The molecule has 1 amide bonds. The summed E-state index contributed by atoms with van der Waals surface area (Å²) >= 11 is 0. The highest BCUT2D eigenvalue weighted by Crippen LogP contribution is 2.27. The number of amides is 1. The standard InChI is InChI=1S/C29H30N4O2/c1-20(2)26-15-12-22(4)16-27(26)35-19-28(34)31-30-17-24-18-33(25-8-6-5-7-9-25)32-29(24)23-13-10-21(3)11-14-23/h5-18,20H,19H2,1-4H3,(H,31,34)/b30-17+. The molecule has 0 saturated heterocycles. The summed E-state index contributed by atoms with van der Waals surface area (Å²) in [6.45, 7) is 8.14. The first-order valence-corrected chi connectivity index (χ1v) is 11.7. The summed E-state index contributed by atoms with van der Waals surface area (Å²) in [5.74, 6) is 0.697. The molecule has 4 aromatic rings. The van der Waals surface area contributed by atoms with Crippen molar-refractivity contribution in [2.75, 3.05) is 6.61 Å². The zero-order valence-electron chi connectivity index (χ0n) is 20.5. The quantitative estimate of drug-likeness (QED) is 0.263. The second kappa shape index (κ2) is 10.8. The van der Waals surface area contributed by atoms with Crippen LogP contribution in [-0.4, -0.2) is 28.5 Å². The number of ether oxygens (including phenoxy) is 1. The molecule has 0 radical (unpaired) electrons. The van der Waals surface area contributed by atoms with Gasteiger partial charge in [-0.15, -0.1) is 0 Å². The second-order valence-corrected chi connectivity index (χ2v) is 8.86. The lowest BCUT2D eigenvalue weighted by molar-refractivity contribution is -0.123. The topological polar surface area (TPSA) is 68.5 Å². The Kier molecular flexibility index (Phi) is 7.41. The van der Waals surface area contributed by atoms with Gasteiger partial charge in [0, 0.05) is 17.3 Å². The maximum atomic E-state index is 12.4. The van der Waals surface area contributed by atoms with Crippen molar-refractivity contribution in [3.63, 3.8) is 0 Å². The van der Waals surface area contributed by atoms with E-state index in [1.165, 1.54) is 5.56 Å². The van der Waals surface area contributed by atoms with Gasteiger partial charge in [0.1, 0.15) is 11.4 Å². The lowest BCUT2D eigenvalue weighted by Gasteiger charge is -2.14. The minimum absolute atomic E-state index is 0.116. The summed E-state index contributed by atoms with van der Waals surface area (Å²) in [4.78, 5) is 12.4. The van der Waals surface area contributed by atoms with Crippen molar-refractivity contribution < 1.29 is 9.53 Å². The normalized spacial score (nSPS) is 11.2. The molecule has 0 spiro atoms. The summed E-state index contributed by atoms with van der Waals surface area (Å²) in [5.41, 5.74) is 9.39. The molecule has 35 heavy (non-hydrogen) atoms. The first-order valence-electron chi connectivity index (χ1n) is 11.7. The Morgan fingerprint density at radius 2 is 1.74 bits per heavy atom. The number of nitrogens with one attached hydrogen (secondary N) is 1. The smallest absolute Gasteiger partial charge is 0.277 e. The minimum atomic E-state index is -0.329. The van der Waals surface area contributed by atoms with Crippen LogP contribution in [0.3, 0.4) is 0 Å². The van der Waals surface area contributed by atoms with Crippen molar-refractivity contribution in [1.29, 1.82) is 0 Å². The summed E-state index contributed by atoms with van der Waals surface area (Å²) < 4.78 is 7.62. The number of para-hydroxylation sites is 1. The average molecular weight is 467 g/mol. The third-order valence-electron chi connectivity index (χ3n) is 5.63. The Bertz CT molecular complexity index is 1320. The van der Waals surface area contributed by atoms with Crippen LogP contribution in [0, 0.1) is 13.8 Å². The second-order valence-electron chi connectivity index (χ2n) is 8.86. The SMILES string of the molecule is Cc1ccc(-c2nn(-c3ccccc3)cc2/C=N/NC(=O)COc2cc(C)ccc2C(C)C)cc1. The van der Waals surface area contributed by atoms with Crippen molar-refractivity contribution in [1.82, 2.24) is 15.2 Å². The number of hydrazone groups is 1. The lowest BCUT2D eigenvalue weighted by Crippen LogP contribution is -2.25. The summed E-state index contributed by atoms with van der Waals surface area (Å²) in [7, 11) is 0. The molecule has 6 heteroatoms. The molecular weight excluding hydrogens is 436 g/mol. The Labute approximate surface area is 206 Å². The number of benzene rings is 3. The molecule has 1 aromatic heterocycles. The monoisotopic (exact) mass is 466 g/mol. The van der Waals surface area contributed by atoms with E-state index in [2.05, 4.69) is 24.4 Å². The van der Waals surface area contributed by atoms with Gasteiger partial charge in [-0.3, -0.25) is 4.79 Å². The Hall–Kier alpha value is -4.19. The summed E-state index contributed by atoms with van der Waals surface area (Å²) in [5, 5.41) is 8.96. The van der Waals surface area contributed by atoms with Gasteiger partial charge in [-0.25, -0.2) is 10.1 Å².